The van der Waals surface area contributed by atoms with Gasteiger partial charge in [-0.2, -0.15) is 4.98 Å². The molecule has 1 aromatic heterocycles. The summed E-state index contributed by atoms with van der Waals surface area (Å²) in [7, 11) is 2.14. The van der Waals surface area contributed by atoms with Gasteiger partial charge in [-0.1, -0.05) is 6.07 Å². The van der Waals surface area contributed by atoms with Crippen molar-refractivity contribution < 1.29 is 9.53 Å². The maximum Gasteiger partial charge on any atom is 0.242 e. The van der Waals surface area contributed by atoms with E-state index in [-0.39, 0.29) is 18.6 Å². The van der Waals surface area contributed by atoms with E-state index in [4.69, 9.17) is 15.5 Å². The van der Waals surface area contributed by atoms with E-state index in [1.165, 1.54) is 11.8 Å². The minimum absolute atomic E-state index is 0.0500. The monoisotopic (exact) mass is 457 g/mol. The lowest BCUT2D eigenvalue weighted by atomic mass is 10.1. The summed E-state index contributed by atoms with van der Waals surface area (Å²) in [5, 5.41) is 6.78. The first-order valence-corrected chi connectivity index (χ1v) is 11.9. The van der Waals surface area contributed by atoms with Crippen molar-refractivity contribution in [2.24, 2.45) is 5.73 Å². The van der Waals surface area contributed by atoms with Crippen LogP contribution in [0.4, 0.5) is 11.4 Å². The summed E-state index contributed by atoms with van der Waals surface area (Å²) in [5.41, 5.74) is 7.06. The smallest absolute Gasteiger partial charge is 0.242 e. The van der Waals surface area contributed by atoms with Crippen molar-refractivity contribution in [1.29, 1.82) is 0 Å². The third kappa shape index (κ3) is 6.10. The number of benzene rings is 1. The molecule has 0 saturated carbocycles. The molecule has 0 spiro atoms. The van der Waals surface area contributed by atoms with Gasteiger partial charge in [-0.25, -0.2) is 4.98 Å². The van der Waals surface area contributed by atoms with Gasteiger partial charge in [-0.15, -0.1) is 0 Å². The summed E-state index contributed by atoms with van der Waals surface area (Å²) in [5.74, 6) is 0.434. The number of carbonyl (C=O) groups is 1. The Morgan fingerprint density at radius 1 is 1.28 bits per heavy atom. The lowest BCUT2D eigenvalue weighted by Crippen LogP contribution is -2.45. The van der Waals surface area contributed by atoms with Crippen LogP contribution < -0.4 is 26.0 Å². The van der Waals surface area contributed by atoms with Crippen LogP contribution >= 0.6 is 11.8 Å². The highest BCUT2D eigenvalue weighted by molar-refractivity contribution is 7.99. The topological polar surface area (TPSA) is 109 Å². The zero-order valence-corrected chi connectivity index (χ0v) is 19.2. The quantitative estimate of drug-likeness (QED) is 0.532. The molecule has 2 aliphatic heterocycles. The third-order valence-electron chi connectivity index (χ3n) is 5.63. The van der Waals surface area contributed by atoms with Gasteiger partial charge in [0.05, 0.1) is 12.7 Å². The molecule has 2 saturated heterocycles. The van der Waals surface area contributed by atoms with Crippen LogP contribution in [0.5, 0.6) is 5.88 Å². The van der Waals surface area contributed by atoms with E-state index in [0.717, 1.165) is 62.7 Å². The Labute approximate surface area is 193 Å². The summed E-state index contributed by atoms with van der Waals surface area (Å²) in [6, 6.07) is 7.58. The van der Waals surface area contributed by atoms with E-state index in [0.29, 0.717) is 16.7 Å². The Morgan fingerprint density at radius 3 is 2.81 bits per heavy atom. The van der Waals surface area contributed by atoms with E-state index in [1.807, 2.05) is 30.5 Å². The first-order valence-electron chi connectivity index (χ1n) is 11.1. The van der Waals surface area contributed by atoms with E-state index < -0.39 is 0 Å². The third-order valence-corrected chi connectivity index (χ3v) is 6.50. The van der Waals surface area contributed by atoms with Gasteiger partial charge >= 0.3 is 0 Å². The van der Waals surface area contributed by atoms with Crippen LogP contribution in [0.25, 0.3) is 0 Å². The molecule has 2 fully saturated rings. The molecule has 0 atom stereocenters. The molecule has 2 aromatic rings. The first kappa shape index (κ1) is 22.8. The fourth-order valence-corrected chi connectivity index (χ4v) is 4.55. The molecule has 1 aromatic carbocycles. The fourth-order valence-electron chi connectivity index (χ4n) is 3.77. The molecule has 4 rings (SSSR count). The summed E-state index contributed by atoms with van der Waals surface area (Å²) in [4.78, 5) is 26.6. The second kappa shape index (κ2) is 11.0. The standard InChI is InChI=1S/C22H31N7O2S/c1-28-9-11-29(12-10-28)19-15-25-22(27-21(19)31-17-5-7-24-8-6-17)32-18-4-2-3-16(13-18)26-20(30)14-23/h2-4,13,15,17,24H,5-12,14,23H2,1H3,(H,26,30). The molecule has 0 radical (unpaired) electrons. The number of ether oxygens (including phenoxy) is 1. The molecule has 1 amide bonds. The molecule has 0 aliphatic carbocycles. The highest BCUT2D eigenvalue weighted by Gasteiger charge is 2.23. The lowest BCUT2D eigenvalue weighted by Gasteiger charge is -2.35. The van der Waals surface area contributed by atoms with Gasteiger partial charge in [0, 0.05) is 36.8 Å². The summed E-state index contributed by atoms with van der Waals surface area (Å²) in [6.07, 6.45) is 3.98. The number of rotatable bonds is 7. The molecule has 3 heterocycles. The van der Waals surface area contributed by atoms with Crippen molar-refractivity contribution in [3.8, 4) is 5.88 Å². The SMILES string of the molecule is CN1CCN(c2cnc(Sc3cccc(NC(=O)CN)c3)nc2OC2CCNCC2)CC1. The van der Waals surface area contributed by atoms with Crippen LogP contribution in [0.2, 0.25) is 0 Å². The number of nitrogens with two attached hydrogens (primary N) is 1. The molecule has 9 nitrogen and oxygen atoms in total. The number of amides is 1. The molecule has 172 valence electrons. The largest absolute Gasteiger partial charge is 0.473 e. The van der Waals surface area contributed by atoms with E-state index >= 15 is 0 Å². The average Bonchev–Trinajstić information content (AvgIpc) is 2.81. The van der Waals surface area contributed by atoms with Crippen molar-refractivity contribution >= 4 is 29.0 Å². The number of anilines is 2. The molecular weight excluding hydrogens is 426 g/mol. The molecular formula is C22H31N7O2S. The van der Waals surface area contributed by atoms with E-state index in [9.17, 15) is 4.79 Å². The number of piperidine rings is 1. The van der Waals surface area contributed by atoms with Gasteiger partial charge in [-0.3, -0.25) is 4.79 Å². The van der Waals surface area contributed by atoms with Gasteiger partial charge in [0.2, 0.25) is 11.8 Å². The minimum atomic E-state index is -0.224. The predicted molar refractivity (Wildman–Crippen MR) is 127 cm³/mol. The number of likely N-dealkylation sites (N-methyl/N-ethyl adjacent to an activating group) is 1. The number of aromatic nitrogens is 2. The number of nitrogens with zero attached hydrogens (tertiary/aromatic N) is 4. The Kier molecular flexibility index (Phi) is 7.80. The number of hydrogen-bond acceptors (Lipinski definition) is 9. The van der Waals surface area contributed by atoms with Crippen LogP contribution in [-0.4, -0.2) is 79.7 Å². The van der Waals surface area contributed by atoms with Crippen LogP contribution in [0.15, 0.2) is 40.5 Å². The van der Waals surface area contributed by atoms with Crippen molar-refractivity contribution in [3.05, 3.63) is 30.5 Å². The highest BCUT2D eigenvalue weighted by atomic mass is 32.2. The van der Waals surface area contributed by atoms with Crippen molar-refractivity contribution in [1.82, 2.24) is 20.2 Å². The first-order chi connectivity index (χ1) is 15.6. The molecule has 2 aliphatic rings. The number of hydrogen-bond donors (Lipinski definition) is 3. The summed E-state index contributed by atoms with van der Waals surface area (Å²) in [6.45, 7) is 5.74. The number of nitrogens with one attached hydrogen (secondary N) is 2. The molecule has 10 heteroatoms. The molecule has 4 N–H and O–H groups in total. The van der Waals surface area contributed by atoms with Gasteiger partial charge in [0.25, 0.3) is 0 Å². The zero-order valence-electron chi connectivity index (χ0n) is 18.4. The van der Waals surface area contributed by atoms with Crippen LogP contribution in [-0.2, 0) is 4.79 Å². The van der Waals surface area contributed by atoms with Gasteiger partial charge in [-0.05, 0) is 62.9 Å². The second-order valence-corrected chi connectivity index (χ2v) is 9.12. The fraction of sp³-hybridized carbons (Fsp3) is 0.500. The zero-order chi connectivity index (χ0) is 22.3. The van der Waals surface area contributed by atoms with Crippen molar-refractivity contribution in [2.45, 2.75) is 29.0 Å². The summed E-state index contributed by atoms with van der Waals surface area (Å²) < 4.78 is 6.41. The predicted octanol–water partition coefficient (Wildman–Crippen LogP) is 1.41. The van der Waals surface area contributed by atoms with Gasteiger partial charge in [0.1, 0.15) is 11.8 Å². The van der Waals surface area contributed by atoms with Crippen molar-refractivity contribution in [2.75, 3.05) is 63.1 Å². The normalized spacial score (nSPS) is 17.9. The van der Waals surface area contributed by atoms with Crippen LogP contribution in [0.3, 0.4) is 0 Å². The Bertz CT molecular complexity index is 915. The van der Waals surface area contributed by atoms with E-state index in [1.54, 1.807) is 0 Å². The summed E-state index contributed by atoms with van der Waals surface area (Å²) >= 11 is 1.44. The number of carbonyl (C=O) groups excluding carboxylic acids is 1. The van der Waals surface area contributed by atoms with Crippen LogP contribution in [0, 0.1) is 0 Å². The molecule has 0 bridgehead atoms. The highest BCUT2D eigenvalue weighted by Crippen LogP contribution is 2.33. The number of piperazine rings is 1. The Hall–Kier alpha value is -2.40. The average molecular weight is 458 g/mol. The van der Waals surface area contributed by atoms with Crippen LogP contribution in [0.1, 0.15) is 12.8 Å². The van der Waals surface area contributed by atoms with Gasteiger partial charge in [0.15, 0.2) is 5.16 Å². The Balaban J connectivity index is 1.54. The Morgan fingerprint density at radius 2 is 2.06 bits per heavy atom. The van der Waals surface area contributed by atoms with Crippen molar-refractivity contribution in [3.63, 3.8) is 0 Å². The molecule has 32 heavy (non-hydrogen) atoms. The second-order valence-electron chi connectivity index (χ2n) is 8.08. The maximum absolute atomic E-state index is 11.6. The lowest BCUT2D eigenvalue weighted by molar-refractivity contribution is -0.114. The minimum Gasteiger partial charge on any atom is -0.473 e. The molecule has 0 unspecified atom stereocenters. The van der Waals surface area contributed by atoms with E-state index in [2.05, 4.69) is 32.5 Å². The van der Waals surface area contributed by atoms with Gasteiger partial charge < -0.3 is 30.9 Å². The maximum atomic E-state index is 11.6.